The van der Waals surface area contributed by atoms with E-state index < -0.39 is 11.6 Å². The number of rotatable bonds is 4. The van der Waals surface area contributed by atoms with Crippen LogP contribution in [0.3, 0.4) is 0 Å². The molecule has 1 amide bonds. The van der Waals surface area contributed by atoms with Gasteiger partial charge in [-0.3, -0.25) is 4.79 Å². The lowest BCUT2D eigenvalue weighted by atomic mass is 10.0. The Hall–Kier alpha value is -2.47. The van der Waals surface area contributed by atoms with E-state index in [1.165, 1.54) is 6.07 Å². The summed E-state index contributed by atoms with van der Waals surface area (Å²) in [5, 5.41) is 3.29. The van der Waals surface area contributed by atoms with Gasteiger partial charge in [-0.2, -0.15) is 0 Å². The molecule has 1 saturated heterocycles. The molecule has 0 saturated carbocycles. The molecule has 132 valence electrons. The van der Waals surface area contributed by atoms with Gasteiger partial charge in [0, 0.05) is 19.6 Å². The van der Waals surface area contributed by atoms with Gasteiger partial charge in [-0.15, -0.1) is 0 Å². The largest absolute Gasteiger partial charge is 0.497 e. The fraction of sp³-hybridized carbons (Fsp3) is 0.316. The summed E-state index contributed by atoms with van der Waals surface area (Å²) in [5.41, 5.74) is 1.47. The third-order valence-electron chi connectivity index (χ3n) is 4.40. The number of benzene rings is 2. The maximum atomic E-state index is 13.4. The average Bonchev–Trinajstić information content (AvgIpc) is 2.65. The molecule has 3 rings (SSSR count). The monoisotopic (exact) mass is 346 g/mol. The maximum absolute atomic E-state index is 13.4. The minimum absolute atomic E-state index is 0.0455. The minimum Gasteiger partial charge on any atom is -0.497 e. The van der Waals surface area contributed by atoms with Gasteiger partial charge in [0.2, 0.25) is 5.91 Å². The quantitative estimate of drug-likeness (QED) is 0.926. The molecule has 1 fully saturated rings. The first-order valence-corrected chi connectivity index (χ1v) is 8.16. The van der Waals surface area contributed by atoms with Crippen LogP contribution in [0.2, 0.25) is 0 Å². The summed E-state index contributed by atoms with van der Waals surface area (Å²) < 4.78 is 31.6. The second kappa shape index (κ2) is 7.61. The Morgan fingerprint density at radius 3 is 2.64 bits per heavy atom. The number of amides is 1. The fourth-order valence-corrected chi connectivity index (χ4v) is 3.05. The summed E-state index contributed by atoms with van der Waals surface area (Å²) in [4.78, 5) is 14.5. The van der Waals surface area contributed by atoms with Gasteiger partial charge in [0.15, 0.2) is 11.6 Å². The Morgan fingerprint density at radius 2 is 1.96 bits per heavy atom. The van der Waals surface area contributed by atoms with Crippen molar-refractivity contribution >= 4 is 5.91 Å². The van der Waals surface area contributed by atoms with Crippen LogP contribution in [0.4, 0.5) is 8.78 Å². The number of hydrogen-bond acceptors (Lipinski definition) is 3. The zero-order chi connectivity index (χ0) is 17.8. The molecule has 2 aromatic rings. The van der Waals surface area contributed by atoms with Crippen LogP contribution in [0.15, 0.2) is 42.5 Å². The van der Waals surface area contributed by atoms with Crippen LogP contribution < -0.4 is 10.1 Å². The molecule has 0 aromatic heterocycles. The van der Waals surface area contributed by atoms with Gasteiger partial charge in [0.25, 0.3) is 0 Å². The van der Waals surface area contributed by atoms with Crippen molar-refractivity contribution in [3.05, 3.63) is 65.2 Å². The molecule has 6 heteroatoms. The van der Waals surface area contributed by atoms with Crippen molar-refractivity contribution < 1.29 is 18.3 Å². The second-order valence-electron chi connectivity index (χ2n) is 6.01. The molecule has 1 N–H and O–H groups in total. The lowest BCUT2D eigenvalue weighted by Crippen LogP contribution is -2.49. The lowest BCUT2D eigenvalue weighted by Gasteiger charge is -2.36. The van der Waals surface area contributed by atoms with Crippen LogP contribution in [-0.2, 0) is 11.2 Å². The first-order valence-electron chi connectivity index (χ1n) is 8.16. The third-order valence-corrected chi connectivity index (χ3v) is 4.40. The summed E-state index contributed by atoms with van der Waals surface area (Å²) in [6, 6.07) is 11.1. The summed E-state index contributed by atoms with van der Waals surface area (Å²) in [7, 11) is 1.61. The summed E-state index contributed by atoms with van der Waals surface area (Å²) in [5.74, 6) is -1.19. The van der Waals surface area contributed by atoms with Crippen molar-refractivity contribution in [2.45, 2.75) is 12.5 Å². The van der Waals surface area contributed by atoms with Gasteiger partial charge in [-0.1, -0.05) is 18.2 Å². The third kappa shape index (κ3) is 3.96. The molecule has 4 nitrogen and oxygen atoms in total. The van der Waals surface area contributed by atoms with Crippen LogP contribution in [0.5, 0.6) is 5.75 Å². The van der Waals surface area contributed by atoms with Gasteiger partial charge in [0.1, 0.15) is 5.75 Å². The minimum atomic E-state index is -0.933. The number of methoxy groups -OCH3 is 1. The zero-order valence-corrected chi connectivity index (χ0v) is 14.0. The maximum Gasteiger partial charge on any atom is 0.227 e. The van der Waals surface area contributed by atoms with Crippen LogP contribution in [0.1, 0.15) is 17.2 Å². The van der Waals surface area contributed by atoms with E-state index in [4.69, 9.17) is 4.74 Å². The molecule has 0 radical (unpaired) electrons. The van der Waals surface area contributed by atoms with Crippen molar-refractivity contribution in [3.63, 3.8) is 0 Å². The number of piperazine rings is 1. The molecule has 1 aliphatic rings. The lowest BCUT2D eigenvalue weighted by molar-refractivity contribution is -0.133. The van der Waals surface area contributed by atoms with Crippen molar-refractivity contribution in [1.29, 1.82) is 0 Å². The molecule has 0 spiro atoms. The Morgan fingerprint density at radius 1 is 1.20 bits per heavy atom. The highest BCUT2D eigenvalue weighted by atomic mass is 19.2. The highest BCUT2D eigenvalue weighted by Gasteiger charge is 2.27. The van der Waals surface area contributed by atoms with E-state index in [1.807, 2.05) is 24.3 Å². The first-order chi connectivity index (χ1) is 12.1. The smallest absolute Gasteiger partial charge is 0.227 e. The average molecular weight is 346 g/mol. The Bertz CT molecular complexity index is 750. The Kier molecular flexibility index (Phi) is 5.28. The molecule has 2 aromatic carbocycles. The van der Waals surface area contributed by atoms with E-state index in [-0.39, 0.29) is 18.4 Å². The van der Waals surface area contributed by atoms with Gasteiger partial charge >= 0.3 is 0 Å². The molecular formula is C19H20F2N2O2. The number of nitrogens with zero attached hydrogens (tertiary/aromatic N) is 1. The van der Waals surface area contributed by atoms with Crippen molar-refractivity contribution in [1.82, 2.24) is 10.2 Å². The van der Waals surface area contributed by atoms with E-state index >= 15 is 0 Å². The van der Waals surface area contributed by atoms with Gasteiger partial charge in [0.05, 0.1) is 19.6 Å². The van der Waals surface area contributed by atoms with E-state index in [0.29, 0.717) is 25.2 Å². The summed E-state index contributed by atoms with van der Waals surface area (Å²) in [6.45, 7) is 1.92. The predicted octanol–water partition coefficient (Wildman–Crippen LogP) is 2.69. The highest BCUT2D eigenvalue weighted by molar-refractivity contribution is 5.79. The van der Waals surface area contributed by atoms with E-state index in [2.05, 4.69) is 5.32 Å². The molecular weight excluding hydrogens is 326 g/mol. The Labute approximate surface area is 145 Å². The normalized spacial score (nSPS) is 17.4. The molecule has 1 aliphatic heterocycles. The van der Waals surface area contributed by atoms with Crippen LogP contribution >= 0.6 is 0 Å². The second-order valence-corrected chi connectivity index (χ2v) is 6.01. The van der Waals surface area contributed by atoms with Crippen LogP contribution in [-0.4, -0.2) is 37.6 Å². The van der Waals surface area contributed by atoms with Gasteiger partial charge < -0.3 is 15.0 Å². The van der Waals surface area contributed by atoms with Crippen molar-refractivity contribution in [2.75, 3.05) is 26.7 Å². The summed E-state index contributed by atoms with van der Waals surface area (Å²) in [6.07, 6.45) is 0.0455. The predicted molar refractivity (Wildman–Crippen MR) is 90.4 cm³/mol. The van der Waals surface area contributed by atoms with E-state index in [1.54, 1.807) is 12.0 Å². The number of carbonyl (C=O) groups is 1. The first kappa shape index (κ1) is 17.4. The number of hydrogen-bond donors (Lipinski definition) is 1. The van der Waals surface area contributed by atoms with E-state index in [0.717, 1.165) is 23.4 Å². The molecule has 25 heavy (non-hydrogen) atoms. The van der Waals surface area contributed by atoms with Gasteiger partial charge in [-0.25, -0.2) is 8.78 Å². The molecule has 1 atom stereocenters. The number of halogens is 2. The molecule has 1 heterocycles. The van der Waals surface area contributed by atoms with Gasteiger partial charge in [-0.05, 0) is 35.4 Å². The SMILES string of the molecule is COc1ccc([C@H]2CNCCN2C(=O)Cc2ccc(F)c(F)c2)cc1. The van der Waals surface area contributed by atoms with Crippen molar-refractivity contribution in [3.8, 4) is 5.75 Å². The number of ether oxygens (including phenoxy) is 1. The topological polar surface area (TPSA) is 41.6 Å². The zero-order valence-electron chi connectivity index (χ0n) is 14.0. The number of carbonyl (C=O) groups excluding carboxylic acids is 1. The fourth-order valence-electron chi connectivity index (χ4n) is 3.05. The summed E-state index contributed by atoms with van der Waals surface area (Å²) >= 11 is 0. The van der Waals surface area contributed by atoms with E-state index in [9.17, 15) is 13.6 Å². The number of nitrogens with one attached hydrogen (secondary N) is 1. The standard InChI is InChI=1S/C19H20F2N2O2/c1-25-15-5-3-14(4-6-15)18-12-22-8-9-23(18)19(24)11-13-2-7-16(20)17(21)10-13/h2-7,10,18,22H,8-9,11-12H2,1H3/t18-/m1/s1. The molecule has 0 unspecified atom stereocenters. The van der Waals surface area contributed by atoms with Crippen LogP contribution in [0.25, 0.3) is 0 Å². The van der Waals surface area contributed by atoms with Crippen LogP contribution in [0, 0.1) is 11.6 Å². The Balaban J connectivity index is 1.77. The highest BCUT2D eigenvalue weighted by Crippen LogP contribution is 2.25. The molecule has 0 aliphatic carbocycles. The molecule has 0 bridgehead atoms. The van der Waals surface area contributed by atoms with Crippen molar-refractivity contribution in [2.24, 2.45) is 0 Å².